The predicted molar refractivity (Wildman–Crippen MR) is 95.1 cm³/mol. The van der Waals surface area contributed by atoms with Gasteiger partial charge in [-0.25, -0.2) is 4.99 Å². The van der Waals surface area contributed by atoms with Crippen molar-refractivity contribution >= 4 is 28.8 Å². The Labute approximate surface area is 141 Å². The molecule has 126 valence electrons. The van der Waals surface area contributed by atoms with Crippen LogP contribution in [0.3, 0.4) is 0 Å². The second kappa shape index (κ2) is 7.12. The average Bonchev–Trinajstić information content (AvgIpc) is 2.51. The molecule has 0 saturated carbocycles. The van der Waals surface area contributed by atoms with E-state index in [4.69, 9.17) is 4.74 Å². The molecular formula is C18H21N3O3. The minimum atomic E-state index is -0.296. The lowest BCUT2D eigenvalue weighted by Gasteiger charge is -2.16. The SMILES string of the molecule is COc1cc(N(C)C)ccc1N=C1C=C(NC(C)=O)C(=O)C=C1C. The Morgan fingerprint density at radius 2 is 1.96 bits per heavy atom. The van der Waals surface area contributed by atoms with Gasteiger partial charge in [0.25, 0.3) is 0 Å². The van der Waals surface area contributed by atoms with Gasteiger partial charge in [0.15, 0.2) is 0 Å². The van der Waals surface area contributed by atoms with E-state index in [-0.39, 0.29) is 17.4 Å². The van der Waals surface area contributed by atoms with Gasteiger partial charge in [0, 0.05) is 32.8 Å². The zero-order valence-corrected chi connectivity index (χ0v) is 14.5. The van der Waals surface area contributed by atoms with Crippen LogP contribution in [0.2, 0.25) is 0 Å². The van der Waals surface area contributed by atoms with Crippen LogP contribution in [0.4, 0.5) is 11.4 Å². The number of ketones is 1. The Morgan fingerprint density at radius 3 is 2.54 bits per heavy atom. The monoisotopic (exact) mass is 327 g/mol. The summed E-state index contributed by atoms with van der Waals surface area (Å²) in [6.45, 7) is 3.16. The van der Waals surface area contributed by atoms with Gasteiger partial charge in [0.1, 0.15) is 11.4 Å². The molecule has 2 rings (SSSR count). The van der Waals surface area contributed by atoms with Crippen molar-refractivity contribution in [3.63, 3.8) is 0 Å². The van der Waals surface area contributed by atoms with E-state index in [0.717, 1.165) is 11.3 Å². The molecule has 0 radical (unpaired) electrons. The van der Waals surface area contributed by atoms with Crippen LogP contribution in [-0.2, 0) is 9.59 Å². The number of nitrogens with one attached hydrogen (secondary N) is 1. The molecule has 6 nitrogen and oxygen atoms in total. The first-order valence-electron chi connectivity index (χ1n) is 7.48. The van der Waals surface area contributed by atoms with Crippen LogP contribution in [0.5, 0.6) is 5.75 Å². The number of rotatable bonds is 4. The van der Waals surface area contributed by atoms with Gasteiger partial charge in [0.2, 0.25) is 11.7 Å². The van der Waals surface area contributed by atoms with E-state index in [1.54, 1.807) is 20.1 Å². The van der Waals surface area contributed by atoms with Crippen molar-refractivity contribution in [3.8, 4) is 5.75 Å². The van der Waals surface area contributed by atoms with E-state index >= 15 is 0 Å². The topological polar surface area (TPSA) is 71.0 Å². The number of aliphatic imine (C=N–C) groups is 1. The first kappa shape index (κ1) is 17.5. The molecule has 0 saturated heterocycles. The van der Waals surface area contributed by atoms with E-state index in [1.165, 1.54) is 13.0 Å². The number of carbonyl (C=O) groups is 2. The molecule has 6 heteroatoms. The number of nitrogens with zero attached hydrogens (tertiary/aromatic N) is 2. The quantitative estimate of drug-likeness (QED) is 0.862. The number of hydrogen-bond acceptors (Lipinski definition) is 5. The summed E-state index contributed by atoms with van der Waals surface area (Å²) in [6, 6.07) is 5.69. The molecule has 1 aliphatic rings. The van der Waals surface area contributed by atoms with Crippen LogP contribution >= 0.6 is 0 Å². The Morgan fingerprint density at radius 1 is 1.25 bits per heavy atom. The van der Waals surface area contributed by atoms with Crippen LogP contribution < -0.4 is 15.0 Å². The molecule has 0 aromatic heterocycles. The minimum absolute atomic E-state index is 0.218. The van der Waals surface area contributed by atoms with Crippen LogP contribution in [0.1, 0.15) is 13.8 Å². The molecule has 0 spiro atoms. The number of allylic oxidation sites excluding steroid dienone is 3. The fraction of sp³-hybridized carbons (Fsp3) is 0.278. The van der Waals surface area contributed by atoms with E-state index in [2.05, 4.69) is 10.3 Å². The maximum atomic E-state index is 11.9. The second-order valence-electron chi connectivity index (χ2n) is 5.68. The standard InChI is InChI=1S/C18H21N3O3/c1-11-8-17(23)16(19-12(2)22)10-15(11)20-14-7-6-13(21(3)4)9-18(14)24-5/h6-10H,1-5H3,(H,19,22). The zero-order valence-electron chi connectivity index (χ0n) is 14.5. The molecule has 0 aliphatic heterocycles. The second-order valence-corrected chi connectivity index (χ2v) is 5.68. The highest BCUT2D eigenvalue weighted by atomic mass is 16.5. The van der Waals surface area contributed by atoms with Gasteiger partial charge >= 0.3 is 0 Å². The molecule has 1 aromatic carbocycles. The van der Waals surface area contributed by atoms with Crippen molar-refractivity contribution in [3.05, 3.63) is 41.6 Å². The Hall–Kier alpha value is -2.89. The smallest absolute Gasteiger partial charge is 0.221 e. The normalized spacial score (nSPS) is 15.7. The number of methoxy groups -OCH3 is 1. The third-order valence-electron chi connectivity index (χ3n) is 3.53. The number of amides is 1. The first-order chi connectivity index (χ1) is 11.3. The van der Waals surface area contributed by atoms with Gasteiger partial charge in [-0.15, -0.1) is 0 Å². The molecule has 0 bridgehead atoms. The van der Waals surface area contributed by atoms with Crippen molar-refractivity contribution < 1.29 is 14.3 Å². The summed E-state index contributed by atoms with van der Waals surface area (Å²) in [4.78, 5) is 29.7. The molecule has 0 heterocycles. The van der Waals surface area contributed by atoms with Crippen molar-refractivity contribution in [1.29, 1.82) is 0 Å². The number of anilines is 1. The van der Waals surface area contributed by atoms with Crippen molar-refractivity contribution in [2.45, 2.75) is 13.8 Å². The van der Waals surface area contributed by atoms with Crippen molar-refractivity contribution in [1.82, 2.24) is 5.32 Å². The molecule has 0 atom stereocenters. The van der Waals surface area contributed by atoms with Gasteiger partial charge < -0.3 is 15.0 Å². The highest BCUT2D eigenvalue weighted by molar-refractivity contribution is 6.22. The highest BCUT2D eigenvalue weighted by Crippen LogP contribution is 2.32. The van der Waals surface area contributed by atoms with E-state index in [1.807, 2.05) is 37.2 Å². The van der Waals surface area contributed by atoms with Gasteiger partial charge in [0.05, 0.1) is 18.5 Å². The van der Waals surface area contributed by atoms with Crippen LogP contribution in [0.25, 0.3) is 0 Å². The molecule has 1 amide bonds. The maximum Gasteiger partial charge on any atom is 0.221 e. The molecule has 0 fully saturated rings. The summed E-state index contributed by atoms with van der Waals surface area (Å²) in [5.74, 6) is 0.0965. The van der Waals surface area contributed by atoms with Crippen LogP contribution in [0.15, 0.2) is 46.6 Å². The molecule has 1 aliphatic carbocycles. The Balaban J connectivity index is 2.45. The first-order valence-corrected chi connectivity index (χ1v) is 7.48. The largest absolute Gasteiger partial charge is 0.494 e. The van der Waals surface area contributed by atoms with Crippen LogP contribution in [0, 0.1) is 0 Å². The highest BCUT2D eigenvalue weighted by Gasteiger charge is 2.18. The number of benzene rings is 1. The lowest BCUT2D eigenvalue weighted by Crippen LogP contribution is -2.27. The van der Waals surface area contributed by atoms with Gasteiger partial charge in [-0.05, 0) is 36.8 Å². The van der Waals surface area contributed by atoms with E-state index in [0.29, 0.717) is 17.1 Å². The number of hydrogen-bond donors (Lipinski definition) is 1. The summed E-state index contributed by atoms with van der Waals surface area (Å²) in [5, 5.41) is 2.53. The molecule has 1 N–H and O–H groups in total. The molecule has 24 heavy (non-hydrogen) atoms. The van der Waals surface area contributed by atoms with Gasteiger partial charge in [-0.1, -0.05) is 0 Å². The molecular weight excluding hydrogens is 306 g/mol. The fourth-order valence-corrected chi connectivity index (χ4v) is 2.24. The maximum absolute atomic E-state index is 11.9. The molecule has 1 aromatic rings. The van der Waals surface area contributed by atoms with E-state index in [9.17, 15) is 9.59 Å². The fourth-order valence-electron chi connectivity index (χ4n) is 2.24. The summed E-state index contributed by atoms with van der Waals surface area (Å²) in [7, 11) is 5.48. The number of carbonyl (C=O) groups excluding carboxylic acids is 2. The van der Waals surface area contributed by atoms with Crippen LogP contribution in [-0.4, -0.2) is 38.6 Å². The van der Waals surface area contributed by atoms with Crippen molar-refractivity contribution in [2.24, 2.45) is 4.99 Å². The molecule has 0 unspecified atom stereocenters. The third kappa shape index (κ3) is 3.90. The Bertz CT molecular complexity index is 774. The summed E-state index contributed by atoms with van der Waals surface area (Å²) in [5.41, 5.74) is 3.20. The summed E-state index contributed by atoms with van der Waals surface area (Å²) in [6.07, 6.45) is 3.04. The summed E-state index contributed by atoms with van der Waals surface area (Å²) >= 11 is 0. The summed E-state index contributed by atoms with van der Waals surface area (Å²) < 4.78 is 5.41. The number of ether oxygens (including phenoxy) is 1. The van der Waals surface area contributed by atoms with E-state index < -0.39 is 0 Å². The third-order valence-corrected chi connectivity index (χ3v) is 3.53. The minimum Gasteiger partial charge on any atom is -0.494 e. The van der Waals surface area contributed by atoms with Gasteiger partial charge in [-0.3, -0.25) is 9.59 Å². The lowest BCUT2D eigenvalue weighted by atomic mass is 10.0. The van der Waals surface area contributed by atoms with Crippen molar-refractivity contribution in [2.75, 3.05) is 26.1 Å². The Kier molecular flexibility index (Phi) is 5.18. The average molecular weight is 327 g/mol. The van der Waals surface area contributed by atoms with Gasteiger partial charge in [-0.2, -0.15) is 0 Å². The predicted octanol–water partition coefficient (Wildman–Crippen LogP) is 2.38. The zero-order chi connectivity index (χ0) is 17.9. The lowest BCUT2D eigenvalue weighted by molar-refractivity contribution is -0.120.